The van der Waals surface area contributed by atoms with Crippen LogP contribution < -0.4 is 0 Å². The zero-order valence-electron chi connectivity index (χ0n) is 16.1. The molecule has 1 saturated heterocycles. The summed E-state index contributed by atoms with van der Waals surface area (Å²) in [6.07, 6.45) is -3.05. The Balaban J connectivity index is 1.43. The number of aromatic nitrogens is 2. The summed E-state index contributed by atoms with van der Waals surface area (Å²) in [4.78, 5) is 19.3. The molecule has 30 heavy (non-hydrogen) atoms. The number of carbonyl (C=O) groups excluding carboxylic acids is 1. The van der Waals surface area contributed by atoms with E-state index in [9.17, 15) is 18.0 Å². The van der Waals surface area contributed by atoms with Gasteiger partial charge in [0.1, 0.15) is 0 Å². The van der Waals surface area contributed by atoms with Gasteiger partial charge in [-0.25, -0.2) is 0 Å². The zero-order chi connectivity index (χ0) is 21.1. The molecular weight excluding hydrogens is 395 g/mol. The fourth-order valence-corrected chi connectivity index (χ4v) is 3.71. The maximum absolute atomic E-state index is 13.0. The largest absolute Gasteiger partial charge is 0.416 e. The highest BCUT2D eigenvalue weighted by molar-refractivity contribution is 5.98. The minimum Gasteiger partial charge on any atom is -0.338 e. The number of hydrogen-bond donors (Lipinski definition) is 0. The van der Waals surface area contributed by atoms with E-state index in [4.69, 9.17) is 4.52 Å². The first-order chi connectivity index (χ1) is 14.4. The second kappa shape index (κ2) is 8.39. The lowest BCUT2D eigenvalue weighted by Gasteiger charge is -2.31. The summed E-state index contributed by atoms with van der Waals surface area (Å²) in [7, 11) is 0. The number of alkyl halides is 3. The molecule has 1 aliphatic heterocycles. The van der Waals surface area contributed by atoms with Gasteiger partial charge in [0.15, 0.2) is 5.78 Å². The van der Waals surface area contributed by atoms with Crippen LogP contribution in [-0.2, 0) is 12.7 Å². The maximum atomic E-state index is 13.0. The van der Waals surface area contributed by atoms with Crippen molar-refractivity contribution in [1.82, 2.24) is 15.0 Å². The molecule has 0 spiro atoms. The fourth-order valence-electron chi connectivity index (χ4n) is 3.71. The van der Waals surface area contributed by atoms with Gasteiger partial charge in [0, 0.05) is 23.6 Å². The molecule has 1 fully saturated rings. The maximum Gasteiger partial charge on any atom is 0.416 e. The molecule has 0 N–H and O–H groups in total. The van der Waals surface area contributed by atoms with Crippen LogP contribution in [0.4, 0.5) is 13.2 Å². The molecule has 0 saturated carbocycles. The normalized spacial score (nSPS) is 17.8. The van der Waals surface area contributed by atoms with Crippen molar-refractivity contribution < 1.29 is 22.5 Å². The lowest BCUT2D eigenvalue weighted by Crippen LogP contribution is -2.38. The van der Waals surface area contributed by atoms with Crippen LogP contribution in [0.2, 0.25) is 0 Å². The van der Waals surface area contributed by atoms with Crippen LogP contribution >= 0.6 is 0 Å². The van der Waals surface area contributed by atoms with Gasteiger partial charge in [-0.15, -0.1) is 0 Å². The minimum absolute atomic E-state index is 0.0980. The number of Topliss-reactive ketones (excluding diaryl/α,β-unsaturated/α-hetero) is 1. The van der Waals surface area contributed by atoms with E-state index in [0.29, 0.717) is 31.2 Å². The molecule has 0 bridgehead atoms. The molecule has 8 heteroatoms. The van der Waals surface area contributed by atoms with Crippen molar-refractivity contribution in [3.63, 3.8) is 0 Å². The molecule has 2 heterocycles. The highest BCUT2D eigenvalue weighted by Crippen LogP contribution is 2.31. The monoisotopic (exact) mass is 415 g/mol. The summed E-state index contributed by atoms with van der Waals surface area (Å²) < 4.78 is 44.2. The summed E-state index contributed by atoms with van der Waals surface area (Å²) in [5.41, 5.74) is 0.143. The summed E-state index contributed by atoms with van der Waals surface area (Å²) in [6.45, 7) is 1.60. The van der Waals surface area contributed by atoms with Crippen LogP contribution in [0.15, 0.2) is 59.1 Å². The van der Waals surface area contributed by atoms with Crippen LogP contribution in [0.3, 0.4) is 0 Å². The Labute approximate surface area is 171 Å². The third kappa shape index (κ3) is 4.59. The number of carbonyl (C=O) groups is 1. The van der Waals surface area contributed by atoms with E-state index in [0.717, 1.165) is 30.7 Å². The topological polar surface area (TPSA) is 59.2 Å². The van der Waals surface area contributed by atoms with E-state index in [1.54, 1.807) is 0 Å². The van der Waals surface area contributed by atoms with E-state index in [-0.39, 0.29) is 17.3 Å². The Morgan fingerprint density at radius 1 is 1.13 bits per heavy atom. The van der Waals surface area contributed by atoms with Gasteiger partial charge >= 0.3 is 6.18 Å². The first-order valence-electron chi connectivity index (χ1n) is 9.72. The van der Waals surface area contributed by atoms with Gasteiger partial charge in [0.05, 0.1) is 12.1 Å². The Morgan fingerprint density at radius 2 is 1.93 bits per heavy atom. The number of likely N-dealkylation sites (tertiary alicyclic amines) is 1. The summed E-state index contributed by atoms with van der Waals surface area (Å²) >= 11 is 0. The molecule has 3 aromatic rings. The summed E-state index contributed by atoms with van der Waals surface area (Å²) in [5, 5.41) is 4.00. The van der Waals surface area contributed by atoms with Crippen LogP contribution in [-0.4, -0.2) is 33.9 Å². The predicted molar refractivity (Wildman–Crippen MR) is 104 cm³/mol. The molecule has 1 atom stereocenters. The van der Waals surface area contributed by atoms with E-state index >= 15 is 0 Å². The number of benzene rings is 2. The molecule has 0 amide bonds. The average molecular weight is 415 g/mol. The second-order valence-electron chi connectivity index (χ2n) is 7.39. The third-order valence-electron chi connectivity index (χ3n) is 5.21. The number of ketones is 1. The van der Waals surface area contributed by atoms with E-state index in [1.807, 2.05) is 35.2 Å². The first kappa shape index (κ1) is 20.3. The first-order valence-corrected chi connectivity index (χ1v) is 9.72. The Kier molecular flexibility index (Phi) is 5.67. The number of nitrogens with zero attached hydrogens (tertiary/aromatic N) is 3. The molecule has 1 aliphatic rings. The van der Waals surface area contributed by atoms with Crippen molar-refractivity contribution in [2.75, 3.05) is 13.1 Å². The molecule has 0 aliphatic carbocycles. The molecule has 1 unspecified atom stereocenters. The van der Waals surface area contributed by atoms with Crippen molar-refractivity contribution in [1.29, 1.82) is 0 Å². The summed E-state index contributed by atoms with van der Waals surface area (Å²) in [6, 6.07) is 14.1. The van der Waals surface area contributed by atoms with Crippen molar-refractivity contribution in [2.24, 2.45) is 5.92 Å². The SMILES string of the molecule is O=C(c1cccc(C(F)(F)F)c1)C1CCCN(Cc2nc(-c3ccccc3)no2)C1. The molecule has 4 rings (SSSR count). The van der Waals surface area contributed by atoms with Crippen LogP contribution in [0.25, 0.3) is 11.4 Å². The molecule has 0 radical (unpaired) electrons. The standard InChI is InChI=1S/C22H20F3N3O2/c23-22(24,25)18-10-4-8-16(12-18)20(29)17-9-5-11-28(13-17)14-19-26-21(27-30-19)15-6-2-1-3-7-15/h1-4,6-8,10,12,17H,5,9,11,13-14H2. The average Bonchev–Trinajstić information content (AvgIpc) is 3.22. The van der Waals surface area contributed by atoms with Gasteiger partial charge in [0.25, 0.3) is 0 Å². The Bertz CT molecular complexity index is 1020. The Morgan fingerprint density at radius 3 is 2.70 bits per heavy atom. The van der Waals surface area contributed by atoms with Crippen molar-refractivity contribution >= 4 is 5.78 Å². The highest BCUT2D eigenvalue weighted by Gasteiger charge is 2.32. The van der Waals surface area contributed by atoms with Gasteiger partial charge in [-0.1, -0.05) is 47.6 Å². The van der Waals surface area contributed by atoms with Gasteiger partial charge in [-0.2, -0.15) is 18.2 Å². The van der Waals surface area contributed by atoms with Crippen molar-refractivity contribution in [2.45, 2.75) is 25.6 Å². The van der Waals surface area contributed by atoms with Gasteiger partial charge in [-0.05, 0) is 31.5 Å². The minimum atomic E-state index is -4.47. The number of halogens is 3. The van der Waals surface area contributed by atoms with Crippen LogP contribution in [0.1, 0.15) is 34.7 Å². The highest BCUT2D eigenvalue weighted by atomic mass is 19.4. The number of piperidine rings is 1. The molecular formula is C22H20F3N3O2. The van der Waals surface area contributed by atoms with Gasteiger partial charge in [-0.3, -0.25) is 9.69 Å². The van der Waals surface area contributed by atoms with E-state index < -0.39 is 11.7 Å². The third-order valence-corrected chi connectivity index (χ3v) is 5.21. The predicted octanol–water partition coefficient (Wildman–Crippen LogP) is 4.85. The zero-order valence-corrected chi connectivity index (χ0v) is 16.1. The smallest absolute Gasteiger partial charge is 0.338 e. The number of rotatable bonds is 5. The quantitative estimate of drug-likeness (QED) is 0.558. The van der Waals surface area contributed by atoms with Crippen molar-refractivity contribution in [3.8, 4) is 11.4 Å². The fraction of sp³-hybridized carbons (Fsp3) is 0.318. The van der Waals surface area contributed by atoms with Crippen LogP contribution in [0, 0.1) is 5.92 Å². The molecule has 156 valence electrons. The van der Waals surface area contributed by atoms with Crippen molar-refractivity contribution in [3.05, 3.63) is 71.6 Å². The van der Waals surface area contributed by atoms with E-state index in [2.05, 4.69) is 10.1 Å². The lowest BCUT2D eigenvalue weighted by molar-refractivity contribution is -0.137. The molecule has 2 aromatic carbocycles. The molecule has 5 nitrogen and oxygen atoms in total. The Hall–Kier alpha value is -3.00. The van der Waals surface area contributed by atoms with Gasteiger partial charge < -0.3 is 4.52 Å². The van der Waals surface area contributed by atoms with Gasteiger partial charge in [0.2, 0.25) is 11.7 Å². The molecule has 1 aromatic heterocycles. The van der Waals surface area contributed by atoms with Crippen LogP contribution in [0.5, 0.6) is 0 Å². The van der Waals surface area contributed by atoms with E-state index in [1.165, 1.54) is 12.1 Å². The summed E-state index contributed by atoms with van der Waals surface area (Å²) in [5.74, 6) is 0.320. The lowest BCUT2D eigenvalue weighted by atomic mass is 9.89. The number of hydrogen-bond acceptors (Lipinski definition) is 5. The second-order valence-corrected chi connectivity index (χ2v) is 7.39.